The molecule has 0 heteroatoms. The zero-order chi connectivity index (χ0) is 15.2. The van der Waals surface area contributed by atoms with Crippen LogP contribution < -0.4 is 0 Å². The summed E-state index contributed by atoms with van der Waals surface area (Å²) in [6, 6.07) is 30.6. The zero-order valence-corrected chi connectivity index (χ0v) is 13.1. The van der Waals surface area contributed by atoms with Gasteiger partial charge in [0.2, 0.25) is 0 Å². The highest BCUT2D eigenvalue weighted by atomic mass is 14.2. The fraction of sp³-hybridized carbons (Fsp3) is 0.182. The molecule has 22 heavy (non-hydrogen) atoms. The van der Waals surface area contributed by atoms with Gasteiger partial charge in [-0.25, -0.2) is 0 Å². The topological polar surface area (TPSA) is 0 Å². The normalized spacial score (nSPS) is 12.0. The molecule has 3 aromatic rings. The average Bonchev–Trinajstić information content (AvgIpc) is 2.58. The van der Waals surface area contributed by atoms with Crippen molar-refractivity contribution >= 4 is 0 Å². The van der Waals surface area contributed by atoms with Crippen molar-refractivity contribution in [2.75, 3.05) is 0 Å². The van der Waals surface area contributed by atoms with Crippen LogP contribution in [0.2, 0.25) is 0 Å². The Hall–Kier alpha value is -2.34. The molecule has 0 aromatic heterocycles. The van der Waals surface area contributed by atoms with Crippen molar-refractivity contribution in [2.24, 2.45) is 0 Å². The molecular weight excluding hydrogens is 264 g/mol. The van der Waals surface area contributed by atoms with Crippen molar-refractivity contribution < 1.29 is 0 Å². The Morgan fingerprint density at radius 1 is 0.591 bits per heavy atom. The summed E-state index contributed by atoms with van der Waals surface area (Å²) in [6.07, 6.45) is 2.16. The summed E-state index contributed by atoms with van der Waals surface area (Å²) in [7, 11) is 0. The lowest BCUT2D eigenvalue weighted by molar-refractivity contribution is 0.680. The molecule has 0 spiro atoms. The van der Waals surface area contributed by atoms with E-state index in [0.717, 1.165) is 12.8 Å². The van der Waals surface area contributed by atoms with E-state index in [1.165, 1.54) is 22.3 Å². The fourth-order valence-corrected chi connectivity index (χ4v) is 2.94. The van der Waals surface area contributed by atoms with Gasteiger partial charge in [-0.1, -0.05) is 90.5 Å². The second-order valence-electron chi connectivity index (χ2n) is 5.99. The number of rotatable bonds is 5. The minimum atomic E-state index is 0.520. The predicted octanol–water partition coefficient (Wildman–Crippen LogP) is 5.56. The van der Waals surface area contributed by atoms with Gasteiger partial charge in [0.15, 0.2) is 0 Å². The lowest BCUT2D eigenvalue weighted by atomic mass is 9.86. The van der Waals surface area contributed by atoms with Gasteiger partial charge in [-0.15, -0.1) is 0 Å². The molecule has 0 fully saturated rings. The van der Waals surface area contributed by atoms with Crippen LogP contribution in [0, 0.1) is 6.92 Å². The van der Waals surface area contributed by atoms with E-state index in [2.05, 4.69) is 91.9 Å². The lowest BCUT2D eigenvalue weighted by Crippen LogP contribution is -2.07. The summed E-state index contributed by atoms with van der Waals surface area (Å²) >= 11 is 0. The lowest BCUT2D eigenvalue weighted by Gasteiger charge is -2.18. The maximum absolute atomic E-state index is 2.26. The van der Waals surface area contributed by atoms with E-state index in [1.807, 2.05) is 0 Å². The van der Waals surface area contributed by atoms with Crippen molar-refractivity contribution in [1.82, 2.24) is 0 Å². The summed E-state index contributed by atoms with van der Waals surface area (Å²) in [5, 5.41) is 0. The van der Waals surface area contributed by atoms with Crippen molar-refractivity contribution in [3.05, 3.63) is 107 Å². The molecule has 0 aliphatic rings. The number of aryl methyl sites for hydroxylation is 1. The predicted molar refractivity (Wildman–Crippen MR) is 94.2 cm³/mol. The molecule has 3 rings (SSSR count). The second kappa shape index (κ2) is 7.09. The van der Waals surface area contributed by atoms with Crippen LogP contribution >= 0.6 is 0 Å². The molecule has 1 atom stereocenters. The quantitative estimate of drug-likeness (QED) is 0.575. The summed E-state index contributed by atoms with van der Waals surface area (Å²) in [6.45, 7) is 2.14. The van der Waals surface area contributed by atoms with Gasteiger partial charge < -0.3 is 0 Å². The molecule has 110 valence electrons. The van der Waals surface area contributed by atoms with Gasteiger partial charge in [-0.05, 0) is 42.4 Å². The minimum Gasteiger partial charge on any atom is -0.0622 e. The Bertz CT molecular complexity index is 681. The van der Waals surface area contributed by atoms with Crippen LogP contribution in [-0.2, 0) is 12.8 Å². The van der Waals surface area contributed by atoms with Crippen LogP contribution in [0.4, 0.5) is 0 Å². The molecule has 0 aliphatic heterocycles. The first kappa shape index (κ1) is 14.6. The first-order valence-electron chi connectivity index (χ1n) is 7.96. The molecule has 0 nitrogen and oxygen atoms in total. The van der Waals surface area contributed by atoms with Gasteiger partial charge in [0.25, 0.3) is 0 Å². The second-order valence-corrected chi connectivity index (χ2v) is 5.99. The largest absolute Gasteiger partial charge is 0.0622 e. The SMILES string of the molecule is Cc1ccc(C[C@@H](Cc2ccccc2)c2ccccc2)cc1. The highest BCUT2D eigenvalue weighted by Crippen LogP contribution is 2.25. The molecule has 0 radical (unpaired) electrons. The van der Waals surface area contributed by atoms with Crippen LogP contribution in [0.25, 0.3) is 0 Å². The van der Waals surface area contributed by atoms with Crippen LogP contribution in [0.15, 0.2) is 84.9 Å². The van der Waals surface area contributed by atoms with Crippen molar-refractivity contribution in [3.63, 3.8) is 0 Å². The van der Waals surface area contributed by atoms with Crippen molar-refractivity contribution in [2.45, 2.75) is 25.7 Å². The number of benzene rings is 3. The van der Waals surface area contributed by atoms with Gasteiger partial charge in [0.05, 0.1) is 0 Å². The molecule has 0 aliphatic carbocycles. The highest BCUT2D eigenvalue weighted by Gasteiger charge is 2.13. The van der Waals surface area contributed by atoms with Gasteiger partial charge in [0.1, 0.15) is 0 Å². The molecule has 3 aromatic carbocycles. The maximum atomic E-state index is 2.26. The van der Waals surface area contributed by atoms with E-state index >= 15 is 0 Å². The highest BCUT2D eigenvalue weighted by molar-refractivity contribution is 5.29. The number of hydrogen-bond acceptors (Lipinski definition) is 0. The number of hydrogen-bond donors (Lipinski definition) is 0. The Morgan fingerprint density at radius 3 is 1.68 bits per heavy atom. The van der Waals surface area contributed by atoms with Gasteiger partial charge in [-0.3, -0.25) is 0 Å². The van der Waals surface area contributed by atoms with E-state index in [9.17, 15) is 0 Å². The van der Waals surface area contributed by atoms with Crippen LogP contribution in [0.5, 0.6) is 0 Å². The van der Waals surface area contributed by atoms with Crippen LogP contribution in [-0.4, -0.2) is 0 Å². The molecule has 0 heterocycles. The third-order valence-corrected chi connectivity index (χ3v) is 4.20. The zero-order valence-electron chi connectivity index (χ0n) is 13.1. The summed E-state index contributed by atoms with van der Waals surface area (Å²) in [4.78, 5) is 0. The molecule has 0 saturated carbocycles. The fourth-order valence-electron chi connectivity index (χ4n) is 2.94. The molecule has 0 bridgehead atoms. The van der Waals surface area contributed by atoms with E-state index in [1.54, 1.807) is 0 Å². The van der Waals surface area contributed by atoms with E-state index in [-0.39, 0.29) is 0 Å². The standard InChI is InChI=1S/C22H22/c1-18-12-14-20(15-13-18)17-22(21-10-6-3-7-11-21)16-19-8-4-2-5-9-19/h2-15,22H,16-17H2,1H3/t22-/m1/s1. The third-order valence-electron chi connectivity index (χ3n) is 4.20. The van der Waals surface area contributed by atoms with E-state index in [4.69, 9.17) is 0 Å². The smallest absolute Gasteiger partial charge is 0.00810 e. The van der Waals surface area contributed by atoms with E-state index < -0.39 is 0 Å². The molecular formula is C22H22. The van der Waals surface area contributed by atoms with Crippen molar-refractivity contribution in [1.29, 1.82) is 0 Å². The van der Waals surface area contributed by atoms with Gasteiger partial charge in [-0.2, -0.15) is 0 Å². The Balaban J connectivity index is 1.84. The minimum absolute atomic E-state index is 0.520. The maximum Gasteiger partial charge on any atom is -0.00810 e. The van der Waals surface area contributed by atoms with Gasteiger partial charge >= 0.3 is 0 Å². The Kier molecular flexibility index (Phi) is 4.70. The summed E-state index contributed by atoms with van der Waals surface area (Å²) in [5.41, 5.74) is 5.56. The molecule has 0 unspecified atom stereocenters. The Labute approximate surface area is 133 Å². The van der Waals surface area contributed by atoms with E-state index in [0.29, 0.717) is 5.92 Å². The van der Waals surface area contributed by atoms with Crippen molar-refractivity contribution in [3.8, 4) is 0 Å². The summed E-state index contributed by atoms with van der Waals surface area (Å²) < 4.78 is 0. The Morgan fingerprint density at radius 2 is 1.09 bits per heavy atom. The van der Waals surface area contributed by atoms with Crippen LogP contribution in [0.3, 0.4) is 0 Å². The monoisotopic (exact) mass is 286 g/mol. The average molecular weight is 286 g/mol. The molecule has 0 amide bonds. The first-order chi connectivity index (χ1) is 10.8. The third kappa shape index (κ3) is 3.85. The molecule has 0 N–H and O–H groups in total. The van der Waals surface area contributed by atoms with Crippen LogP contribution in [0.1, 0.15) is 28.2 Å². The van der Waals surface area contributed by atoms with Gasteiger partial charge in [0, 0.05) is 0 Å². The first-order valence-corrected chi connectivity index (χ1v) is 7.96. The molecule has 0 saturated heterocycles. The summed E-state index contributed by atoms with van der Waals surface area (Å²) in [5.74, 6) is 0.520.